The van der Waals surface area contributed by atoms with Gasteiger partial charge in [0.25, 0.3) is 11.8 Å². The van der Waals surface area contributed by atoms with Crippen LogP contribution < -0.4 is 10.1 Å². The second-order valence-electron chi connectivity index (χ2n) is 6.37. The number of rotatable bonds is 6. The average Bonchev–Trinajstić information content (AvgIpc) is 3.48. The number of ether oxygens (including phenoxy) is 1. The lowest BCUT2D eigenvalue weighted by atomic mass is 10.2. The number of nitrogens with one attached hydrogen (secondary N) is 1. The third kappa shape index (κ3) is 4.07. The van der Waals surface area contributed by atoms with Gasteiger partial charge in [0.1, 0.15) is 5.75 Å². The van der Waals surface area contributed by atoms with Crippen LogP contribution >= 0.6 is 11.3 Å². The summed E-state index contributed by atoms with van der Waals surface area (Å²) < 4.78 is 11.0. The van der Waals surface area contributed by atoms with Crippen molar-refractivity contribution in [3.05, 3.63) is 53.9 Å². The predicted octanol–water partition coefficient (Wildman–Crippen LogP) is 3.66. The van der Waals surface area contributed by atoms with E-state index in [4.69, 9.17) is 9.15 Å². The molecule has 1 aliphatic heterocycles. The van der Waals surface area contributed by atoms with Crippen molar-refractivity contribution in [3.63, 3.8) is 0 Å². The molecule has 28 heavy (non-hydrogen) atoms. The molecule has 1 N–H and O–H groups in total. The van der Waals surface area contributed by atoms with E-state index in [2.05, 4.69) is 10.3 Å². The molecular formula is C20H19N3O4S. The Morgan fingerprint density at radius 1 is 1.21 bits per heavy atom. The SMILES string of the molecule is O=C(Nc1cccc(OCC(=O)N2CCCC2)c1)c1ncoc1-c1cccs1. The quantitative estimate of drug-likeness (QED) is 0.686. The molecule has 1 saturated heterocycles. The molecule has 1 aliphatic rings. The van der Waals surface area contributed by atoms with Crippen molar-refractivity contribution in [2.75, 3.05) is 25.0 Å². The van der Waals surface area contributed by atoms with Gasteiger partial charge in [0.2, 0.25) is 0 Å². The van der Waals surface area contributed by atoms with Crippen LogP contribution in [0.2, 0.25) is 0 Å². The Bertz CT molecular complexity index is 962. The van der Waals surface area contributed by atoms with Gasteiger partial charge >= 0.3 is 0 Å². The summed E-state index contributed by atoms with van der Waals surface area (Å²) in [5.41, 5.74) is 0.772. The Morgan fingerprint density at radius 2 is 2.07 bits per heavy atom. The standard InChI is InChI=1S/C20H19N3O4S/c24-17(23-8-1-2-9-23)12-26-15-6-3-5-14(11-15)22-20(25)18-19(27-13-21-18)16-7-4-10-28-16/h3-7,10-11,13H,1-2,8-9,12H2,(H,22,25). The van der Waals surface area contributed by atoms with Gasteiger partial charge in [-0.1, -0.05) is 12.1 Å². The molecule has 3 heterocycles. The lowest BCUT2D eigenvalue weighted by molar-refractivity contribution is -0.132. The fourth-order valence-corrected chi connectivity index (χ4v) is 3.76. The number of nitrogens with zero attached hydrogens (tertiary/aromatic N) is 2. The first-order valence-electron chi connectivity index (χ1n) is 9.00. The van der Waals surface area contributed by atoms with Crippen LogP contribution in [0.1, 0.15) is 23.3 Å². The number of carbonyl (C=O) groups excluding carboxylic acids is 2. The molecule has 0 unspecified atom stereocenters. The molecule has 0 bridgehead atoms. The van der Waals surface area contributed by atoms with Gasteiger partial charge in [0.05, 0.1) is 4.88 Å². The molecule has 3 aromatic rings. The van der Waals surface area contributed by atoms with Crippen LogP contribution in [0.3, 0.4) is 0 Å². The Morgan fingerprint density at radius 3 is 2.86 bits per heavy atom. The second kappa shape index (κ2) is 8.26. The number of oxazole rings is 1. The third-order valence-electron chi connectivity index (χ3n) is 4.44. The zero-order valence-corrected chi connectivity index (χ0v) is 15.9. The maximum absolute atomic E-state index is 12.6. The van der Waals surface area contributed by atoms with Crippen molar-refractivity contribution in [2.45, 2.75) is 12.8 Å². The van der Waals surface area contributed by atoms with Crippen molar-refractivity contribution >= 4 is 28.8 Å². The van der Waals surface area contributed by atoms with E-state index in [0.717, 1.165) is 30.8 Å². The van der Waals surface area contributed by atoms with Crippen LogP contribution in [-0.4, -0.2) is 41.4 Å². The average molecular weight is 397 g/mol. The summed E-state index contributed by atoms with van der Waals surface area (Å²) in [5.74, 6) is 0.567. The van der Waals surface area contributed by atoms with Crippen LogP contribution in [0.25, 0.3) is 10.6 Å². The molecule has 0 radical (unpaired) electrons. The van der Waals surface area contributed by atoms with E-state index in [0.29, 0.717) is 17.2 Å². The monoisotopic (exact) mass is 397 g/mol. The Labute approximate surface area is 165 Å². The van der Waals surface area contributed by atoms with Gasteiger partial charge in [0, 0.05) is 24.8 Å². The van der Waals surface area contributed by atoms with Crippen LogP contribution in [0.5, 0.6) is 5.75 Å². The van der Waals surface area contributed by atoms with E-state index >= 15 is 0 Å². The molecule has 144 valence electrons. The van der Waals surface area contributed by atoms with Gasteiger partial charge < -0.3 is 19.4 Å². The number of carbonyl (C=O) groups is 2. The van der Waals surface area contributed by atoms with E-state index in [-0.39, 0.29) is 24.1 Å². The summed E-state index contributed by atoms with van der Waals surface area (Å²) in [6, 6.07) is 10.7. The van der Waals surface area contributed by atoms with Crippen molar-refractivity contribution in [1.29, 1.82) is 0 Å². The third-order valence-corrected chi connectivity index (χ3v) is 5.31. The highest BCUT2D eigenvalue weighted by Gasteiger charge is 2.20. The van der Waals surface area contributed by atoms with Gasteiger partial charge in [-0.25, -0.2) is 4.98 Å². The molecular weight excluding hydrogens is 378 g/mol. The molecule has 0 spiro atoms. The Balaban J connectivity index is 1.40. The van der Waals surface area contributed by atoms with E-state index in [1.807, 2.05) is 22.4 Å². The molecule has 7 nitrogen and oxygen atoms in total. The summed E-state index contributed by atoms with van der Waals surface area (Å²) in [5, 5.41) is 4.70. The van der Waals surface area contributed by atoms with Crippen molar-refractivity contribution in [1.82, 2.24) is 9.88 Å². The number of likely N-dealkylation sites (tertiary alicyclic amines) is 1. The minimum atomic E-state index is -0.373. The zero-order chi connectivity index (χ0) is 19.3. The van der Waals surface area contributed by atoms with Crippen molar-refractivity contribution in [2.24, 2.45) is 0 Å². The molecule has 2 aromatic heterocycles. The van der Waals surface area contributed by atoms with Gasteiger partial charge in [0.15, 0.2) is 24.5 Å². The number of thiophene rings is 1. The van der Waals surface area contributed by atoms with E-state index in [9.17, 15) is 9.59 Å². The summed E-state index contributed by atoms with van der Waals surface area (Å²) in [6.07, 6.45) is 3.35. The number of benzene rings is 1. The molecule has 1 aromatic carbocycles. The largest absolute Gasteiger partial charge is 0.484 e. The summed E-state index contributed by atoms with van der Waals surface area (Å²) in [4.78, 5) is 31.4. The molecule has 0 atom stereocenters. The van der Waals surface area contributed by atoms with Crippen LogP contribution in [-0.2, 0) is 4.79 Å². The van der Waals surface area contributed by atoms with E-state index in [1.165, 1.54) is 17.7 Å². The highest BCUT2D eigenvalue weighted by atomic mass is 32.1. The summed E-state index contributed by atoms with van der Waals surface area (Å²) in [7, 11) is 0. The lowest BCUT2D eigenvalue weighted by Crippen LogP contribution is -2.32. The van der Waals surface area contributed by atoms with Crippen molar-refractivity contribution in [3.8, 4) is 16.4 Å². The highest BCUT2D eigenvalue weighted by Crippen LogP contribution is 2.28. The predicted molar refractivity (Wildman–Crippen MR) is 106 cm³/mol. The molecule has 2 amide bonds. The van der Waals surface area contributed by atoms with E-state index in [1.54, 1.807) is 24.3 Å². The van der Waals surface area contributed by atoms with Gasteiger partial charge in [-0.05, 0) is 36.4 Å². The Kier molecular flexibility index (Phi) is 5.38. The smallest absolute Gasteiger partial charge is 0.278 e. The normalized spacial score (nSPS) is 13.5. The summed E-state index contributed by atoms with van der Waals surface area (Å²) in [6.45, 7) is 1.58. The van der Waals surface area contributed by atoms with Crippen LogP contribution in [0.15, 0.2) is 52.6 Å². The number of amides is 2. The summed E-state index contributed by atoms with van der Waals surface area (Å²) >= 11 is 1.47. The van der Waals surface area contributed by atoms with Crippen LogP contribution in [0.4, 0.5) is 5.69 Å². The fraction of sp³-hybridized carbons (Fsp3) is 0.250. The topological polar surface area (TPSA) is 84.7 Å². The number of hydrogen-bond acceptors (Lipinski definition) is 6. The highest BCUT2D eigenvalue weighted by molar-refractivity contribution is 7.13. The molecule has 0 aliphatic carbocycles. The molecule has 8 heteroatoms. The first-order valence-corrected chi connectivity index (χ1v) is 9.88. The van der Waals surface area contributed by atoms with E-state index < -0.39 is 0 Å². The maximum atomic E-state index is 12.6. The van der Waals surface area contributed by atoms with Gasteiger partial charge in [-0.15, -0.1) is 11.3 Å². The minimum absolute atomic E-state index is 0.0107. The first kappa shape index (κ1) is 18.2. The lowest BCUT2D eigenvalue weighted by Gasteiger charge is -2.15. The van der Waals surface area contributed by atoms with Gasteiger partial charge in [-0.3, -0.25) is 9.59 Å². The van der Waals surface area contributed by atoms with Gasteiger partial charge in [-0.2, -0.15) is 0 Å². The minimum Gasteiger partial charge on any atom is -0.484 e. The molecule has 0 saturated carbocycles. The van der Waals surface area contributed by atoms with Crippen LogP contribution in [0, 0.1) is 0 Å². The number of anilines is 1. The molecule has 1 fully saturated rings. The first-order chi connectivity index (χ1) is 13.7. The number of aromatic nitrogens is 1. The molecule has 4 rings (SSSR count). The fourth-order valence-electron chi connectivity index (χ4n) is 3.05. The Hall–Kier alpha value is -3.13. The number of hydrogen-bond donors (Lipinski definition) is 1. The second-order valence-corrected chi connectivity index (χ2v) is 7.31. The zero-order valence-electron chi connectivity index (χ0n) is 15.1. The maximum Gasteiger partial charge on any atom is 0.278 e. The van der Waals surface area contributed by atoms with Crippen molar-refractivity contribution < 1.29 is 18.7 Å².